The fourth-order valence-corrected chi connectivity index (χ4v) is 3.98. The number of rotatable bonds is 3. The van der Waals surface area contributed by atoms with Gasteiger partial charge in [-0.1, -0.05) is 22.0 Å². The van der Waals surface area contributed by atoms with Gasteiger partial charge < -0.3 is 4.57 Å². The summed E-state index contributed by atoms with van der Waals surface area (Å²) < 4.78 is 4.53. The van der Waals surface area contributed by atoms with E-state index < -0.39 is 16.2 Å². The third kappa shape index (κ3) is 3.15. The number of halogens is 1. The Bertz CT molecular complexity index is 1560. The van der Waals surface area contributed by atoms with E-state index in [1.54, 1.807) is 42.1 Å². The normalized spacial score (nSPS) is 10.9. The van der Waals surface area contributed by atoms with Gasteiger partial charge in [-0.3, -0.25) is 24.0 Å². The van der Waals surface area contributed by atoms with Crippen molar-refractivity contribution in [1.82, 2.24) is 13.7 Å². The van der Waals surface area contributed by atoms with Crippen LogP contribution in [0.3, 0.4) is 0 Å². The molecule has 0 atom stereocenters. The van der Waals surface area contributed by atoms with E-state index in [1.807, 2.05) is 0 Å². The molecule has 31 heavy (non-hydrogen) atoms. The number of nitro benzene ring substituents is 1. The number of hydrogen-bond acceptors (Lipinski definition) is 5. The molecule has 10 heteroatoms. The molecule has 0 amide bonds. The maximum Gasteiger partial charge on any atom is 0.330 e. The standard InChI is InChI=1S/C21H14BrN5O4/c1-24-17-11-26(13-5-3-4-12(8-13)10-23)19(18(17)20(28)25(2)21(24)29)15-9-14(27(30)31)6-7-16(15)22/h3-9,11H,1-2H3. The highest BCUT2D eigenvalue weighted by molar-refractivity contribution is 9.10. The number of nitriles is 1. The highest BCUT2D eigenvalue weighted by Gasteiger charge is 2.23. The first-order valence-corrected chi connectivity index (χ1v) is 9.79. The quantitative estimate of drug-likeness (QED) is 0.330. The number of hydrogen-bond donors (Lipinski definition) is 0. The van der Waals surface area contributed by atoms with E-state index in [9.17, 15) is 25.0 Å². The average molecular weight is 480 g/mol. The molecule has 2 aromatic heterocycles. The third-order valence-electron chi connectivity index (χ3n) is 5.11. The zero-order valence-electron chi connectivity index (χ0n) is 16.4. The number of nitro groups is 1. The fourth-order valence-electron chi connectivity index (χ4n) is 3.54. The first-order chi connectivity index (χ1) is 14.7. The van der Waals surface area contributed by atoms with Crippen molar-refractivity contribution in [3.63, 3.8) is 0 Å². The summed E-state index contributed by atoms with van der Waals surface area (Å²) in [7, 11) is 2.93. The van der Waals surface area contributed by atoms with Gasteiger partial charge in [-0.25, -0.2) is 4.79 Å². The van der Waals surface area contributed by atoms with Gasteiger partial charge in [0.05, 0.1) is 33.2 Å². The molecule has 154 valence electrons. The maximum atomic E-state index is 13.1. The first kappa shape index (κ1) is 20.3. The van der Waals surface area contributed by atoms with E-state index in [4.69, 9.17) is 0 Å². The summed E-state index contributed by atoms with van der Waals surface area (Å²) in [6, 6.07) is 13.1. The van der Waals surface area contributed by atoms with Crippen molar-refractivity contribution in [2.75, 3.05) is 0 Å². The van der Waals surface area contributed by atoms with Gasteiger partial charge in [0.15, 0.2) is 0 Å². The molecule has 9 nitrogen and oxygen atoms in total. The van der Waals surface area contributed by atoms with Crippen LogP contribution in [0.15, 0.2) is 62.7 Å². The van der Waals surface area contributed by atoms with E-state index in [2.05, 4.69) is 22.0 Å². The van der Waals surface area contributed by atoms with E-state index in [-0.39, 0.29) is 11.1 Å². The van der Waals surface area contributed by atoms with Crippen molar-refractivity contribution < 1.29 is 4.92 Å². The molecule has 0 bridgehead atoms. The molecule has 0 aliphatic carbocycles. The van der Waals surface area contributed by atoms with Gasteiger partial charge in [0.1, 0.15) is 0 Å². The Labute approximate surface area is 183 Å². The summed E-state index contributed by atoms with van der Waals surface area (Å²) in [6.45, 7) is 0. The van der Waals surface area contributed by atoms with Crippen molar-refractivity contribution in [1.29, 1.82) is 5.26 Å². The number of aryl methyl sites for hydroxylation is 1. The zero-order chi connectivity index (χ0) is 22.4. The lowest BCUT2D eigenvalue weighted by Gasteiger charge is -2.12. The lowest BCUT2D eigenvalue weighted by atomic mass is 10.1. The van der Waals surface area contributed by atoms with Gasteiger partial charge >= 0.3 is 5.69 Å². The van der Waals surface area contributed by atoms with Crippen LogP contribution in [0, 0.1) is 21.4 Å². The molecule has 2 aromatic carbocycles. The van der Waals surface area contributed by atoms with E-state index >= 15 is 0 Å². The smallest absolute Gasteiger partial charge is 0.313 e. The molecule has 0 saturated heterocycles. The highest BCUT2D eigenvalue weighted by atomic mass is 79.9. The van der Waals surface area contributed by atoms with Gasteiger partial charge in [0.25, 0.3) is 11.2 Å². The van der Waals surface area contributed by atoms with Crippen LogP contribution in [-0.4, -0.2) is 18.6 Å². The minimum absolute atomic E-state index is 0.147. The van der Waals surface area contributed by atoms with Crippen LogP contribution in [0.25, 0.3) is 27.8 Å². The number of benzene rings is 2. The summed E-state index contributed by atoms with van der Waals surface area (Å²) in [6.07, 6.45) is 1.62. The molecule has 0 radical (unpaired) electrons. The molecule has 4 aromatic rings. The summed E-state index contributed by atoms with van der Waals surface area (Å²) >= 11 is 3.43. The van der Waals surface area contributed by atoms with Gasteiger partial charge in [0.2, 0.25) is 0 Å². The second kappa shape index (κ2) is 7.37. The molecule has 0 aliphatic heterocycles. The fraction of sp³-hybridized carbons (Fsp3) is 0.0952. The molecule has 2 heterocycles. The van der Waals surface area contributed by atoms with E-state index in [0.29, 0.717) is 32.5 Å². The summed E-state index contributed by atoms with van der Waals surface area (Å²) in [5, 5.41) is 20.9. The largest absolute Gasteiger partial charge is 0.330 e. The van der Waals surface area contributed by atoms with Gasteiger partial charge in [-0.2, -0.15) is 5.26 Å². The van der Waals surface area contributed by atoms with Crippen LogP contribution in [0.2, 0.25) is 0 Å². The summed E-state index contributed by atoms with van der Waals surface area (Å²) in [5.41, 5.74) is 0.945. The minimum atomic E-state index is -0.526. The van der Waals surface area contributed by atoms with Gasteiger partial charge in [-0.15, -0.1) is 0 Å². The molecule has 0 fully saturated rings. The molecule has 0 aliphatic rings. The summed E-state index contributed by atoms with van der Waals surface area (Å²) in [4.78, 5) is 36.5. The molecule has 0 spiro atoms. The van der Waals surface area contributed by atoms with Crippen LogP contribution in [0.1, 0.15) is 5.56 Å². The topological polar surface area (TPSA) is 116 Å². The van der Waals surface area contributed by atoms with Crippen molar-refractivity contribution >= 4 is 32.5 Å². The molecular weight excluding hydrogens is 466 g/mol. The van der Waals surface area contributed by atoms with Crippen LogP contribution in [0.5, 0.6) is 0 Å². The molecule has 0 unspecified atom stereocenters. The predicted octanol–water partition coefficient (Wildman–Crippen LogP) is 3.24. The molecular formula is C21H14BrN5O4. The van der Waals surface area contributed by atoms with Gasteiger partial charge in [-0.05, 0) is 24.3 Å². The van der Waals surface area contributed by atoms with Crippen LogP contribution in [-0.2, 0) is 14.1 Å². The molecule has 4 rings (SSSR count). The SMILES string of the molecule is Cn1c(=O)c2c(-c3cc([N+](=O)[O-])ccc3Br)n(-c3cccc(C#N)c3)cc2n(C)c1=O. The Balaban J connectivity index is 2.24. The molecule has 0 saturated carbocycles. The van der Waals surface area contributed by atoms with Crippen molar-refractivity contribution in [2.45, 2.75) is 0 Å². The average Bonchev–Trinajstić information content (AvgIpc) is 3.17. The van der Waals surface area contributed by atoms with Crippen LogP contribution in [0.4, 0.5) is 5.69 Å². The Morgan fingerprint density at radius 1 is 1.10 bits per heavy atom. The minimum Gasteiger partial charge on any atom is -0.313 e. The lowest BCUT2D eigenvalue weighted by molar-refractivity contribution is -0.384. The zero-order valence-corrected chi connectivity index (χ0v) is 18.0. The van der Waals surface area contributed by atoms with Crippen molar-refractivity contribution in [3.05, 3.63) is 89.6 Å². The number of aromatic nitrogens is 3. The number of non-ortho nitro benzene ring substituents is 1. The summed E-state index contributed by atoms with van der Waals surface area (Å²) in [5.74, 6) is 0. The first-order valence-electron chi connectivity index (χ1n) is 9.00. The number of fused-ring (bicyclic) bond motifs is 1. The second-order valence-electron chi connectivity index (χ2n) is 6.90. The Hall–Kier alpha value is -3.97. The number of nitrogens with zero attached hydrogens (tertiary/aromatic N) is 5. The van der Waals surface area contributed by atoms with Crippen LogP contribution < -0.4 is 11.2 Å². The van der Waals surface area contributed by atoms with Crippen molar-refractivity contribution in [2.24, 2.45) is 14.1 Å². The molecule has 0 N–H and O–H groups in total. The monoisotopic (exact) mass is 479 g/mol. The Morgan fingerprint density at radius 3 is 2.52 bits per heavy atom. The van der Waals surface area contributed by atoms with E-state index in [0.717, 1.165) is 4.57 Å². The third-order valence-corrected chi connectivity index (χ3v) is 5.80. The van der Waals surface area contributed by atoms with Gasteiger partial charge in [0, 0.05) is 48.1 Å². The Morgan fingerprint density at radius 2 is 1.84 bits per heavy atom. The van der Waals surface area contributed by atoms with Crippen LogP contribution >= 0.6 is 15.9 Å². The van der Waals surface area contributed by atoms with Crippen molar-refractivity contribution in [3.8, 4) is 23.0 Å². The Kier molecular flexibility index (Phi) is 4.83. The predicted molar refractivity (Wildman–Crippen MR) is 118 cm³/mol. The maximum absolute atomic E-state index is 13.1. The lowest BCUT2D eigenvalue weighted by Crippen LogP contribution is -2.36. The second-order valence-corrected chi connectivity index (χ2v) is 7.75. The van der Waals surface area contributed by atoms with E-state index in [1.165, 1.54) is 29.8 Å². The highest BCUT2D eigenvalue weighted by Crippen LogP contribution is 2.37.